The molecule has 0 saturated heterocycles. The topological polar surface area (TPSA) is 61.2 Å². The Morgan fingerprint density at radius 3 is 3.06 bits per heavy atom. The van der Waals surface area contributed by atoms with Crippen molar-refractivity contribution in [2.24, 2.45) is 0 Å². The smallest absolute Gasteiger partial charge is 0.316 e. The minimum absolute atomic E-state index is 0.0511. The molecule has 18 heavy (non-hydrogen) atoms. The Morgan fingerprint density at radius 1 is 1.61 bits per heavy atom. The molecule has 2 rings (SSSR count). The summed E-state index contributed by atoms with van der Waals surface area (Å²) in [4.78, 5) is 27.7. The van der Waals surface area contributed by atoms with Crippen LogP contribution in [0.15, 0.2) is 21.4 Å². The monoisotopic (exact) mass is 284 g/mol. The third-order valence-electron chi connectivity index (χ3n) is 2.39. The Balaban J connectivity index is 2.42. The number of methoxy groups -OCH3 is 1. The summed E-state index contributed by atoms with van der Waals surface area (Å²) >= 11 is 2.60. The van der Waals surface area contributed by atoms with Gasteiger partial charge in [0.05, 0.1) is 18.4 Å². The summed E-state index contributed by atoms with van der Waals surface area (Å²) in [5, 5.41) is 2.40. The van der Waals surface area contributed by atoms with Crippen LogP contribution in [0.5, 0.6) is 0 Å². The molecule has 0 spiro atoms. The van der Waals surface area contributed by atoms with Crippen molar-refractivity contribution in [3.8, 4) is 0 Å². The molecule has 0 aliphatic heterocycles. The van der Waals surface area contributed by atoms with Gasteiger partial charge in [-0.05, 0) is 18.4 Å². The number of esters is 1. The molecule has 0 N–H and O–H groups in total. The Labute approximate surface area is 112 Å². The fourth-order valence-corrected chi connectivity index (χ4v) is 3.17. The molecule has 2 aromatic heterocycles. The second-order valence-corrected chi connectivity index (χ2v) is 5.30. The molecule has 0 aliphatic rings. The van der Waals surface area contributed by atoms with Crippen molar-refractivity contribution >= 4 is 39.3 Å². The third kappa shape index (κ3) is 2.41. The summed E-state index contributed by atoms with van der Waals surface area (Å²) in [5.41, 5.74) is 0.631. The summed E-state index contributed by atoms with van der Waals surface area (Å²) in [6, 6.07) is 1.81. The van der Waals surface area contributed by atoms with E-state index in [-0.39, 0.29) is 17.3 Å². The van der Waals surface area contributed by atoms with Crippen LogP contribution < -0.4 is 5.56 Å². The Kier molecular flexibility index (Phi) is 4.03. The van der Waals surface area contributed by atoms with Crippen molar-refractivity contribution in [1.82, 2.24) is 9.55 Å². The van der Waals surface area contributed by atoms with E-state index in [4.69, 9.17) is 0 Å². The molecule has 0 bridgehead atoms. The lowest BCUT2D eigenvalue weighted by molar-refractivity contribution is -0.137. The van der Waals surface area contributed by atoms with E-state index < -0.39 is 0 Å². The van der Waals surface area contributed by atoms with Crippen LogP contribution in [0.25, 0.3) is 10.2 Å². The van der Waals surface area contributed by atoms with Crippen LogP contribution >= 0.6 is 23.1 Å². The summed E-state index contributed by atoms with van der Waals surface area (Å²) in [6.45, 7) is 2.41. The van der Waals surface area contributed by atoms with Crippen LogP contribution in [0.1, 0.15) is 6.92 Å². The fraction of sp³-hybridized carbons (Fsp3) is 0.364. The first-order valence-electron chi connectivity index (χ1n) is 5.35. The summed E-state index contributed by atoms with van der Waals surface area (Å²) in [5.74, 6) is -0.180. The van der Waals surface area contributed by atoms with Crippen LogP contribution in [0.2, 0.25) is 0 Å². The largest absolute Gasteiger partial charge is 0.468 e. The first-order chi connectivity index (χ1) is 8.67. The van der Waals surface area contributed by atoms with Gasteiger partial charge in [-0.25, -0.2) is 4.98 Å². The highest BCUT2D eigenvalue weighted by molar-refractivity contribution is 7.99. The number of aromatic nitrogens is 2. The summed E-state index contributed by atoms with van der Waals surface area (Å²) in [6.07, 6.45) is 0. The number of hydrogen-bond donors (Lipinski definition) is 0. The number of rotatable bonds is 4. The Bertz CT molecular complexity index is 633. The molecule has 5 nitrogen and oxygen atoms in total. The van der Waals surface area contributed by atoms with E-state index in [1.807, 2.05) is 18.4 Å². The van der Waals surface area contributed by atoms with E-state index in [2.05, 4.69) is 9.72 Å². The van der Waals surface area contributed by atoms with Crippen molar-refractivity contribution in [3.05, 3.63) is 21.8 Å². The molecular formula is C11H12N2O3S2. The SMILES string of the molecule is CCn1c(SCC(=O)OC)nc2ccsc2c1=O. The van der Waals surface area contributed by atoms with Crippen LogP contribution in [0.4, 0.5) is 0 Å². The quantitative estimate of drug-likeness (QED) is 0.486. The third-order valence-corrected chi connectivity index (χ3v) is 4.24. The number of hydrogen-bond acceptors (Lipinski definition) is 6. The average Bonchev–Trinajstić information content (AvgIpc) is 2.84. The molecular weight excluding hydrogens is 272 g/mol. The van der Waals surface area contributed by atoms with E-state index in [1.165, 1.54) is 30.2 Å². The number of ether oxygens (including phenoxy) is 1. The highest BCUT2D eigenvalue weighted by Crippen LogP contribution is 2.20. The normalized spacial score (nSPS) is 10.8. The summed E-state index contributed by atoms with van der Waals surface area (Å²) < 4.78 is 6.80. The average molecular weight is 284 g/mol. The zero-order chi connectivity index (χ0) is 13.1. The molecule has 2 aromatic rings. The molecule has 0 amide bonds. The standard InChI is InChI=1S/C11H12N2O3S2/c1-3-13-10(15)9-7(4-5-17-9)12-11(13)18-6-8(14)16-2/h4-5H,3,6H2,1-2H3. The van der Waals surface area contributed by atoms with Gasteiger partial charge in [0, 0.05) is 6.54 Å². The van der Waals surface area contributed by atoms with E-state index in [9.17, 15) is 9.59 Å². The van der Waals surface area contributed by atoms with Crippen LogP contribution in [0, 0.1) is 0 Å². The zero-order valence-electron chi connectivity index (χ0n) is 10.0. The number of carbonyl (C=O) groups is 1. The van der Waals surface area contributed by atoms with Crippen LogP contribution in [-0.2, 0) is 16.1 Å². The number of thiophene rings is 1. The number of thioether (sulfide) groups is 1. The van der Waals surface area contributed by atoms with Crippen molar-refractivity contribution in [3.63, 3.8) is 0 Å². The second-order valence-electron chi connectivity index (χ2n) is 3.44. The summed E-state index contributed by atoms with van der Waals surface area (Å²) in [7, 11) is 1.34. The maximum Gasteiger partial charge on any atom is 0.316 e. The molecule has 0 aromatic carbocycles. The molecule has 0 fully saturated rings. The molecule has 0 atom stereocenters. The predicted octanol–water partition coefficient (Wildman–Crippen LogP) is 1.74. The zero-order valence-corrected chi connectivity index (χ0v) is 11.6. The van der Waals surface area contributed by atoms with Gasteiger partial charge in [0.1, 0.15) is 4.70 Å². The lowest BCUT2D eigenvalue weighted by atomic mass is 10.5. The van der Waals surface area contributed by atoms with Gasteiger partial charge in [-0.15, -0.1) is 11.3 Å². The van der Waals surface area contributed by atoms with E-state index in [1.54, 1.807) is 4.57 Å². The van der Waals surface area contributed by atoms with Crippen LogP contribution in [-0.4, -0.2) is 28.4 Å². The van der Waals surface area contributed by atoms with Gasteiger partial charge in [-0.2, -0.15) is 0 Å². The molecule has 0 aliphatic carbocycles. The predicted molar refractivity (Wildman–Crippen MR) is 72.3 cm³/mol. The van der Waals surface area contributed by atoms with Gasteiger partial charge in [0.15, 0.2) is 5.16 Å². The lowest BCUT2D eigenvalue weighted by Crippen LogP contribution is -2.22. The molecule has 0 saturated carbocycles. The van der Waals surface area contributed by atoms with Gasteiger partial charge in [-0.3, -0.25) is 14.2 Å². The first-order valence-corrected chi connectivity index (χ1v) is 7.21. The molecule has 0 unspecified atom stereocenters. The van der Waals surface area contributed by atoms with Crippen LogP contribution in [0.3, 0.4) is 0 Å². The Morgan fingerprint density at radius 2 is 2.39 bits per heavy atom. The number of nitrogens with zero attached hydrogens (tertiary/aromatic N) is 2. The Hall–Kier alpha value is -1.34. The first kappa shape index (κ1) is 13.1. The fourth-order valence-electron chi connectivity index (χ4n) is 1.49. The number of fused-ring (bicyclic) bond motifs is 1. The second kappa shape index (κ2) is 5.53. The van der Waals surface area contributed by atoms with Gasteiger partial charge in [0.2, 0.25) is 0 Å². The minimum Gasteiger partial charge on any atom is -0.468 e. The van der Waals surface area contributed by atoms with Crippen molar-refractivity contribution in [1.29, 1.82) is 0 Å². The van der Waals surface area contributed by atoms with Crippen molar-refractivity contribution < 1.29 is 9.53 Å². The lowest BCUT2D eigenvalue weighted by Gasteiger charge is -2.08. The molecule has 7 heteroatoms. The molecule has 2 heterocycles. The highest BCUT2D eigenvalue weighted by Gasteiger charge is 2.12. The van der Waals surface area contributed by atoms with Gasteiger partial charge in [-0.1, -0.05) is 11.8 Å². The van der Waals surface area contributed by atoms with Gasteiger partial charge in [0.25, 0.3) is 5.56 Å². The van der Waals surface area contributed by atoms with E-state index >= 15 is 0 Å². The number of carbonyl (C=O) groups excluding carboxylic acids is 1. The maximum absolute atomic E-state index is 12.2. The molecule has 0 radical (unpaired) electrons. The van der Waals surface area contributed by atoms with Gasteiger partial charge >= 0.3 is 5.97 Å². The van der Waals surface area contributed by atoms with E-state index in [0.29, 0.717) is 21.9 Å². The highest BCUT2D eigenvalue weighted by atomic mass is 32.2. The maximum atomic E-state index is 12.2. The minimum atomic E-state index is -0.331. The van der Waals surface area contributed by atoms with E-state index in [0.717, 1.165) is 0 Å². The van der Waals surface area contributed by atoms with Crippen molar-refractivity contribution in [2.45, 2.75) is 18.6 Å². The van der Waals surface area contributed by atoms with Gasteiger partial charge < -0.3 is 4.74 Å². The molecule has 96 valence electrons. The van der Waals surface area contributed by atoms with Crippen molar-refractivity contribution in [2.75, 3.05) is 12.9 Å².